The summed E-state index contributed by atoms with van der Waals surface area (Å²) in [6, 6.07) is 6.76. The smallest absolute Gasteiger partial charge is 0.174 e. The molecule has 0 aliphatic heterocycles. The van der Waals surface area contributed by atoms with Crippen LogP contribution in [0.25, 0.3) is 22.0 Å². The molecule has 0 fully saturated rings. The molecule has 0 unspecified atom stereocenters. The average Bonchev–Trinajstić information content (AvgIpc) is 3.35. The Hall–Kier alpha value is -2.01. The minimum absolute atomic E-state index is 0.741. The largest absolute Gasteiger partial charge is 0.258 e. The zero-order valence-electron chi connectivity index (χ0n) is 18.1. The highest BCUT2D eigenvalue weighted by molar-refractivity contribution is 7.15. The lowest BCUT2D eigenvalue weighted by atomic mass is 10.0. The Balaban J connectivity index is 1.82. The molecule has 5 heteroatoms. The molecule has 0 aliphatic carbocycles. The normalized spacial score (nSPS) is 11.3. The van der Waals surface area contributed by atoms with Gasteiger partial charge in [0.1, 0.15) is 11.5 Å². The molecule has 0 bridgehead atoms. The van der Waals surface area contributed by atoms with E-state index in [1.54, 1.807) is 0 Å². The van der Waals surface area contributed by atoms with Crippen LogP contribution in [0.5, 0.6) is 0 Å². The van der Waals surface area contributed by atoms with Crippen LogP contribution in [0.3, 0.4) is 0 Å². The zero-order valence-corrected chi connectivity index (χ0v) is 18.9. The quantitative estimate of drug-likeness (QED) is 0.323. The molecule has 0 saturated heterocycles. The highest BCUT2D eigenvalue weighted by atomic mass is 32.1. The third-order valence-corrected chi connectivity index (χ3v) is 6.58. The van der Waals surface area contributed by atoms with E-state index in [-0.39, 0.29) is 0 Å². The third kappa shape index (κ3) is 6.23. The summed E-state index contributed by atoms with van der Waals surface area (Å²) >= 11 is 1.97. The van der Waals surface area contributed by atoms with Crippen molar-refractivity contribution in [1.29, 1.82) is 0 Å². The Morgan fingerprint density at radius 1 is 0.931 bits per heavy atom. The lowest BCUT2D eigenvalue weighted by molar-refractivity contribution is 0.665. The molecule has 29 heavy (non-hydrogen) atoms. The number of nitrogens with one attached hydrogen (secondary N) is 1. The summed E-state index contributed by atoms with van der Waals surface area (Å²) in [5.74, 6) is 1.49. The van der Waals surface area contributed by atoms with Gasteiger partial charge in [0, 0.05) is 16.0 Å². The van der Waals surface area contributed by atoms with Gasteiger partial charge in [-0.2, -0.15) is 5.10 Å². The number of hydrogen-bond donors (Lipinski definition) is 1. The zero-order chi connectivity index (χ0) is 20.5. The van der Waals surface area contributed by atoms with Gasteiger partial charge in [-0.05, 0) is 61.9 Å². The molecule has 0 aliphatic rings. The third-order valence-electron chi connectivity index (χ3n) is 5.30. The number of H-pyrrole nitrogens is 1. The van der Waals surface area contributed by atoms with E-state index >= 15 is 0 Å². The van der Waals surface area contributed by atoms with Crippen molar-refractivity contribution < 1.29 is 0 Å². The summed E-state index contributed by atoms with van der Waals surface area (Å²) in [5, 5.41) is 7.14. The molecular formula is C24H34N4S. The number of aromatic amines is 1. The number of pyridine rings is 1. The second-order valence-electron chi connectivity index (χ2n) is 7.85. The maximum Gasteiger partial charge on any atom is 0.174 e. The van der Waals surface area contributed by atoms with Crippen molar-refractivity contribution in [2.45, 2.75) is 85.0 Å². The van der Waals surface area contributed by atoms with E-state index in [4.69, 9.17) is 0 Å². The van der Waals surface area contributed by atoms with Crippen LogP contribution in [0.4, 0.5) is 0 Å². The topological polar surface area (TPSA) is 54.5 Å². The van der Waals surface area contributed by atoms with Gasteiger partial charge in [-0.3, -0.25) is 10.1 Å². The number of unbranched alkanes of at least 4 members (excludes halogenated alkanes) is 6. The molecule has 0 atom stereocenters. The molecule has 1 N–H and O–H groups in total. The fourth-order valence-electron chi connectivity index (χ4n) is 3.67. The average molecular weight is 411 g/mol. The molecule has 156 valence electrons. The van der Waals surface area contributed by atoms with Crippen LogP contribution in [-0.2, 0) is 12.8 Å². The van der Waals surface area contributed by atoms with Gasteiger partial charge < -0.3 is 0 Å². The first kappa shape index (κ1) is 21.7. The van der Waals surface area contributed by atoms with Crippen LogP contribution >= 0.6 is 11.3 Å². The van der Waals surface area contributed by atoms with Crippen molar-refractivity contribution in [3.8, 4) is 22.0 Å². The van der Waals surface area contributed by atoms with Gasteiger partial charge in [0.15, 0.2) is 5.82 Å². The lowest BCUT2D eigenvalue weighted by Crippen LogP contribution is -1.90. The second-order valence-corrected chi connectivity index (χ2v) is 8.99. The van der Waals surface area contributed by atoms with Gasteiger partial charge in [0.2, 0.25) is 0 Å². The fourth-order valence-corrected chi connectivity index (χ4v) is 4.92. The lowest BCUT2D eigenvalue weighted by Gasteiger charge is -2.05. The van der Waals surface area contributed by atoms with Gasteiger partial charge in [-0.1, -0.05) is 52.4 Å². The second kappa shape index (κ2) is 11.2. The molecule has 0 radical (unpaired) electrons. The number of rotatable bonds is 12. The molecule has 0 saturated carbocycles. The van der Waals surface area contributed by atoms with Crippen LogP contribution in [0.1, 0.15) is 81.5 Å². The molecule has 3 aromatic rings. The summed E-state index contributed by atoms with van der Waals surface area (Å²) in [7, 11) is 0. The summed E-state index contributed by atoms with van der Waals surface area (Å²) < 4.78 is 0. The molecule has 0 aromatic carbocycles. The number of aromatic nitrogens is 4. The first-order valence-electron chi connectivity index (χ1n) is 11.2. The highest BCUT2D eigenvalue weighted by Crippen LogP contribution is 2.35. The van der Waals surface area contributed by atoms with E-state index in [0.717, 1.165) is 17.3 Å². The summed E-state index contributed by atoms with van der Waals surface area (Å²) in [6.07, 6.45) is 14.7. The highest BCUT2D eigenvalue weighted by Gasteiger charge is 2.13. The van der Waals surface area contributed by atoms with Crippen molar-refractivity contribution in [2.75, 3.05) is 0 Å². The van der Waals surface area contributed by atoms with Crippen molar-refractivity contribution in [3.63, 3.8) is 0 Å². The minimum Gasteiger partial charge on any atom is -0.258 e. The Labute approximate surface area is 179 Å². The molecule has 3 rings (SSSR count). The molecule has 3 heterocycles. The maximum absolute atomic E-state index is 4.51. The summed E-state index contributed by atoms with van der Waals surface area (Å²) in [4.78, 5) is 11.9. The first-order chi connectivity index (χ1) is 14.2. The van der Waals surface area contributed by atoms with Crippen LogP contribution < -0.4 is 0 Å². The Kier molecular flexibility index (Phi) is 8.41. The molecule has 0 amide bonds. The van der Waals surface area contributed by atoms with Crippen molar-refractivity contribution in [1.82, 2.24) is 20.2 Å². The number of thiophene rings is 1. The van der Waals surface area contributed by atoms with E-state index in [0.29, 0.717) is 0 Å². The summed E-state index contributed by atoms with van der Waals surface area (Å²) in [6.45, 7) is 6.44. The van der Waals surface area contributed by atoms with Gasteiger partial charge in [-0.15, -0.1) is 11.3 Å². The number of nitrogens with zero attached hydrogens (tertiary/aromatic N) is 3. The van der Waals surface area contributed by atoms with Crippen molar-refractivity contribution >= 4 is 11.3 Å². The van der Waals surface area contributed by atoms with Crippen LogP contribution in [-0.4, -0.2) is 20.2 Å². The molecular weight excluding hydrogens is 376 g/mol. The first-order valence-corrected chi connectivity index (χ1v) is 12.0. The number of hydrogen-bond acceptors (Lipinski definition) is 4. The van der Waals surface area contributed by atoms with Gasteiger partial charge in [-0.25, -0.2) is 4.98 Å². The van der Waals surface area contributed by atoms with E-state index in [9.17, 15) is 0 Å². The standard InChI is InChI=1S/C24H34N4S/c1-4-6-8-10-12-19-16-21(13-11-9-7-5-2)29-23(19)20-14-15-25-22(17-20)24-26-18(3)27-28-24/h14-17H,4-13H2,1-3H3,(H,26,27,28). The van der Waals surface area contributed by atoms with E-state index < -0.39 is 0 Å². The maximum atomic E-state index is 4.51. The monoisotopic (exact) mass is 410 g/mol. The van der Waals surface area contributed by atoms with Gasteiger partial charge in [0.05, 0.1) is 0 Å². The van der Waals surface area contributed by atoms with Gasteiger partial charge in [0.25, 0.3) is 0 Å². The van der Waals surface area contributed by atoms with Gasteiger partial charge >= 0.3 is 0 Å². The van der Waals surface area contributed by atoms with Crippen LogP contribution in [0.2, 0.25) is 0 Å². The van der Waals surface area contributed by atoms with E-state index in [1.165, 1.54) is 85.1 Å². The Morgan fingerprint density at radius 2 is 1.69 bits per heavy atom. The van der Waals surface area contributed by atoms with E-state index in [1.807, 2.05) is 24.5 Å². The predicted octanol–water partition coefficient (Wildman–Crippen LogP) is 7.15. The van der Waals surface area contributed by atoms with Crippen molar-refractivity contribution in [3.05, 3.63) is 40.7 Å². The van der Waals surface area contributed by atoms with Crippen LogP contribution in [0.15, 0.2) is 24.4 Å². The minimum atomic E-state index is 0.741. The Morgan fingerprint density at radius 3 is 2.38 bits per heavy atom. The van der Waals surface area contributed by atoms with Crippen molar-refractivity contribution in [2.24, 2.45) is 0 Å². The SMILES string of the molecule is CCCCCCc1cc(CCCCCC)c(-c2ccnc(-c3nc(C)n[nH]3)c2)s1. The summed E-state index contributed by atoms with van der Waals surface area (Å²) in [5.41, 5.74) is 3.61. The van der Waals surface area contributed by atoms with E-state index in [2.05, 4.69) is 52.2 Å². The predicted molar refractivity (Wildman–Crippen MR) is 123 cm³/mol. The Bertz CT molecular complexity index is 881. The fraction of sp³-hybridized carbons (Fsp3) is 0.542. The molecule has 4 nitrogen and oxygen atoms in total. The molecule has 0 spiro atoms. The van der Waals surface area contributed by atoms with Crippen LogP contribution in [0, 0.1) is 6.92 Å². The number of aryl methyl sites for hydroxylation is 3. The molecule has 3 aromatic heterocycles.